The molecular weight excluding hydrogens is 388 g/mol. The summed E-state index contributed by atoms with van der Waals surface area (Å²) in [6.07, 6.45) is 0.136. The normalized spacial score (nSPS) is 13.6. The predicted octanol–water partition coefficient (Wildman–Crippen LogP) is 4.92. The average molecular weight is 412 g/mol. The van der Waals surface area contributed by atoms with Crippen molar-refractivity contribution in [1.29, 1.82) is 0 Å². The first-order chi connectivity index (χ1) is 14.9. The molecule has 0 aliphatic carbocycles. The van der Waals surface area contributed by atoms with Gasteiger partial charge in [0, 0.05) is 23.4 Å². The van der Waals surface area contributed by atoms with Gasteiger partial charge in [-0.15, -0.1) is 0 Å². The number of rotatable bonds is 6. The highest BCUT2D eigenvalue weighted by Crippen LogP contribution is 2.33. The third-order valence-corrected chi connectivity index (χ3v) is 5.64. The first kappa shape index (κ1) is 20.5. The minimum Gasteiger partial charge on any atom is -0.327 e. The van der Waals surface area contributed by atoms with Gasteiger partial charge in [-0.2, -0.15) is 0 Å². The maximum absolute atomic E-state index is 13.1. The number of hydrogen-bond acceptors (Lipinski definition) is 3. The highest BCUT2D eigenvalue weighted by Gasteiger charge is 2.34. The molecule has 4 rings (SSSR count). The SMILES string of the molecule is CC(=O)c1ccc(NC(=O)CC(c2ccc(C)cc2)N2Cc3ccccc3C2=O)cc1. The molecule has 0 saturated carbocycles. The smallest absolute Gasteiger partial charge is 0.255 e. The number of nitrogens with zero attached hydrogens (tertiary/aromatic N) is 1. The molecule has 156 valence electrons. The number of nitrogens with one attached hydrogen (secondary N) is 1. The molecule has 5 nitrogen and oxygen atoms in total. The molecule has 3 aromatic rings. The van der Waals surface area contributed by atoms with Gasteiger partial charge in [-0.1, -0.05) is 48.0 Å². The Balaban J connectivity index is 1.56. The fraction of sp³-hybridized carbons (Fsp3) is 0.192. The zero-order valence-electron chi connectivity index (χ0n) is 17.6. The van der Waals surface area contributed by atoms with E-state index in [1.807, 2.05) is 55.5 Å². The second kappa shape index (κ2) is 8.56. The molecule has 1 unspecified atom stereocenters. The fourth-order valence-corrected chi connectivity index (χ4v) is 3.90. The number of fused-ring (bicyclic) bond motifs is 1. The number of hydrogen-bond donors (Lipinski definition) is 1. The minimum atomic E-state index is -0.378. The van der Waals surface area contributed by atoms with Gasteiger partial charge in [-0.25, -0.2) is 0 Å². The summed E-state index contributed by atoms with van der Waals surface area (Å²) in [7, 11) is 0. The molecule has 0 aromatic heterocycles. The van der Waals surface area contributed by atoms with Gasteiger partial charge in [-0.05, 0) is 55.3 Å². The van der Waals surface area contributed by atoms with Gasteiger partial charge < -0.3 is 10.2 Å². The Morgan fingerprint density at radius 3 is 2.29 bits per heavy atom. The number of amides is 2. The molecule has 0 spiro atoms. The summed E-state index contributed by atoms with van der Waals surface area (Å²) >= 11 is 0. The topological polar surface area (TPSA) is 66.5 Å². The second-order valence-electron chi connectivity index (χ2n) is 7.90. The van der Waals surface area contributed by atoms with Crippen molar-refractivity contribution in [2.75, 3.05) is 5.32 Å². The third-order valence-electron chi connectivity index (χ3n) is 5.64. The molecule has 5 heteroatoms. The van der Waals surface area contributed by atoms with E-state index in [4.69, 9.17) is 0 Å². The van der Waals surface area contributed by atoms with Crippen LogP contribution in [-0.2, 0) is 11.3 Å². The second-order valence-corrected chi connectivity index (χ2v) is 7.90. The van der Waals surface area contributed by atoms with Gasteiger partial charge in [0.2, 0.25) is 5.91 Å². The monoisotopic (exact) mass is 412 g/mol. The average Bonchev–Trinajstić information content (AvgIpc) is 3.10. The molecule has 3 aromatic carbocycles. The van der Waals surface area contributed by atoms with E-state index in [9.17, 15) is 14.4 Å². The van der Waals surface area contributed by atoms with E-state index in [1.165, 1.54) is 6.92 Å². The molecule has 0 bridgehead atoms. The van der Waals surface area contributed by atoms with E-state index >= 15 is 0 Å². The lowest BCUT2D eigenvalue weighted by Gasteiger charge is -2.28. The van der Waals surface area contributed by atoms with Crippen LogP contribution in [0.3, 0.4) is 0 Å². The van der Waals surface area contributed by atoms with Crippen LogP contribution in [0, 0.1) is 6.92 Å². The van der Waals surface area contributed by atoms with Crippen LogP contribution in [0.2, 0.25) is 0 Å². The number of carbonyl (C=O) groups excluding carboxylic acids is 3. The largest absolute Gasteiger partial charge is 0.327 e. The summed E-state index contributed by atoms with van der Waals surface area (Å²) in [5.74, 6) is -0.269. The third kappa shape index (κ3) is 4.40. The minimum absolute atomic E-state index is 0.0237. The van der Waals surface area contributed by atoms with E-state index in [0.717, 1.165) is 16.7 Å². The zero-order chi connectivity index (χ0) is 22.0. The first-order valence-electron chi connectivity index (χ1n) is 10.3. The molecule has 1 atom stereocenters. The van der Waals surface area contributed by atoms with Crippen molar-refractivity contribution in [3.63, 3.8) is 0 Å². The first-order valence-corrected chi connectivity index (χ1v) is 10.3. The summed E-state index contributed by atoms with van der Waals surface area (Å²) < 4.78 is 0. The summed E-state index contributed by atoms with van der Waals surface area (Å²) in [6, 6.07) is 21.9. The molecule has 2 amide bonds. The maximum Gasteiger partial charge on any atom is 0.255 e. The summed E-state index contributed by atoms with van der Waals surface area (Å²) in [6.45, 7) is 3.99. The number of Topliss-reactive ketones (excluding diaryl/α,β-unsaturated/α-hetero) is 1. The van der Waals surface area contributed by atoms with Crippen LogP contribution < -0.4 is 5.32 Å². The van der Waals surface area contributed by atoms with Gasteiger partial charge >= 0.3 is 0 Å². The molecule has 1 heterocycles. The van der Waals surface area contributed by atoms with Crippen LogP contribution in [0.25, 0.3) is 0 Å². The Kier molecular flexibility index (Phi) is 5.67. The Bertz CT molecular complexity index is 1130. The van der Waals surface area contributed by atoms with E-state index in [-0.39, 0.29) is 30.1 Å². The fourth-order valence-electron chi connectivity index (χ4n) is 3.90. The van der Waals surface area contributed by atoms with Crippen molar-refractivity contribution >= 4 is 23.3 Å². The molecule has 1 N–H and O–H groups in total. The van der Waals surface area contributed by atoms with Crippen molar-refractivity contribution in [2.45, 2.75) is 32.9 Å². The van der Waals surface area contributed by atoms with Crippen molar-refractivity contribution in [3.05, 3.63) is 101 Å². The molecular formula is C26H24N2O3. The predicted molar refractivity (Wildman–Crippen MR) is 120 cm³/mol. The van der Waals surface area contributed by atoms with Gasteiger partial charge in [0.15, 0.2) is 5.78 Å². The molecule has 0 radical (unpaired) electrons. The van der Waals surface area contributed by atoms with E-state index in [0.29, 0.717) is 23.4 Å². The molecule has 0 fully saturated rings. The Labute approximate surface area is 181 Å². The van der Waals surface area contributed by atoms with Gasteiger partial charge in [0.25, 0.3) is 5.91 Å². The van der Waals surface area contributed by atoms with Gasteiger partial charge in [-0.3, -0.25) is 14.4 Å². The summed E-state index contributed by atoms with van der Waals surface area (Å²) in [5.41, 5.74) is 4.93. The molecule has 31 heavy (non-hydrogen) atoms. The molecule has 1 aliphatic rings. The van der Waals surface area contributed by atoms with Crippen molar-refractivity contribution in [1.82, 2.24) is 4.90 Å². The Morgan fingerprint density at radius 1 is 0.968 bits per heavy atom. The van der Waals surface area contributed by atoms with Crippen LogP contribution >= 0.6 is 0 Å². The number of aryl methyl sites for hydroxylation is 1. The van der Waals surface area contributed by atoms with Crippen molar-refractivity contribution in [3.8, 4) is 0 Å². The van der Waals surface area contributed by atoms with Crippen LogP contribution in [-0.4, -0.2) is 22.5 Å². The number of benzene rings is 3. The lowest BCUT2D eigenvalue weighted by Crippen LogP contribution is -2.32. The van der Waals surface area contributed by atoms with Gasteiger partial charge in [0.05, 0.1) is 12.5 Å². The van der Waals surface area contributed by atoms with Crippen LogP contribution in [0.5, 0.6) is 0 Å². The van der Waals surface area contributed by atoms with Crippen molar-refractivity contribution in [2.24, 2.45) is 0 Å². The summed E-state index contributed by atoms with van der Waals surface area (Å²) in [4.78, 5) is 39.2. The highest BCUT2D eigenvalue weighted by atomic mass is 16.2. The van der Waals surface area contributed by atoms with Crippen LogP contribution in [0.15, 0.2) is 72.8 Å². The zero-order valence-corrected chi connectivity index (χ0v) is 17.6. The quantitative estimate of drug-likeness (QED) is 0.584. The number of carbonyl (C=O) groups is 3. The van der Waals surface area contributed by atoms with E-state index in [2.05, 4.69) is 5.32 Å². The Morgan fingerprint density at radius 2 is 1.65 bits per heavy atom. The number of anilines is 1. The van der Waals surface area contributed by atoms with E-state index < -0.39 is 0 Å². The van der Waals surface area contributed by atoms with E-state index in [1.54, 1.807) is 29.2 Å². The highest BCUT2D eigenvalue weighted by molar-refractivity contribution is 5.99. The summed E-state index contributed by atoms with van der Waals surface area (Å²) in [5, 5.41) is 2.89. The van der Waals surface area contributed by atoms with Gasteiger partial charge in [0.1, 0.15) is 0 Å². The van der Waals surface area contributed by atoms with Crippen LogP contribution in [0.4, 0.5) is 5.69 Å². The van der Waals surface area contributed by atoms with Crippen LogP contribution in [0.1, 0.15) is 56.8 Å². The molecule has 0 saturated heterocycles. The number of ketones is 1. The Hall–Kier alpha value is -3.73. The standard InChI is InChI=1S/C26H24N2O3/c1-17-7-9-20(10-8-17)24(28-16-21-5-3-4-6-23(21)26(28)31)15-25(30)27-22-13-11-19(12-14-22)18(2)29/h3-14,24H,15-16H2,1-2H3,(H,27,30). The maximum atomic E-state index is 13.1. The molecule has 1 aliphatic heterocycles. The van der Waals surface area contributed by atoms with Crippen molar-refractivity contribution < 1.29 is 14.4 Å². The lowest BCUT2D eigenvalue weighted by atomic mass is 10.00. The lowest BCUT2D eigenvalue weighted by molar-refractivity contribution is -0.117.